The zero-order valence-corrected chi connectivity index (χ0v) is 25.9. The molecule has 1 unspecified atom stereocenters. The number of allylic oxidation sites excluding steroid dienone is 3. The van der Waals surface area contributed by atoms with Gasteiger partial charge in [-0.25, -0.2) is 0 Å². The van der Waals surface area contributed by atoms with E-state index in [2.05, 4.69) is 21.6 Å². The molecule has 0 saturated carbocycles. The molecule has 1 amide bonds. The second-order valence-corrected chi connectivity index (χ2v) is 12.1. The van der Waals surface area contributed by atoms with Gasteiger partial charge in [-0.05, 0) is 30.5 Å². The number of ether oxygens (including phenoxy) is 3. The summed E-state index contributed by atoms with van der Waals surface area (Å²) in [5, 5.41) is 22.5. The summed E-state index contributed by atoms with van der Waals surface area (Å²) in [6.07, 6.45) is 1.60. The highest BCUT2D eigenvalue weighted by Crippen LogP contribution is 2.47. The van der Waals surface area contributed by atoms with Crippen LogP contribution in [0.3, 0.4) is 0 Å². The van der Waals surface area contributed by atoms with E-state index < -0.39 is 5.92 Å². The molecular weight excluding hydrogens is 612 g/mol. The van der Waals surface area contributed by atoms with Gasteiger partial charge in [-0.1, -0.05) is 46.8 Å². The van der Waals surface area contributed by atoms with Gasteiger partial charge in [0, 0.05) is 40.5 Å². The number of Topliss-reactive ketones (excluding diaryl/α,β-unsaturated/α-hetero) is 1. The fourth-order valence-corrected chi connectivity index (χ4v) is 7.03. The van der Waals surface area contributed by atoms with Crippen molar-refractivity contribution in [1.82, 2.24) is 10.2 Å². The number of rotatable bonds is 9. The molecule has 1 atom stereocenters. The number of nitrogens with two attached hydrogens (primary N) is 1. The molecule has 3 aromatic rings. The van der Waals surface area contributed by atoms with E-state index in [1.165, 1.54) is 44.4 Å². The summed E-state index contributed by atoms with van der Waals surface area (Å²) in [5.41, 5.74) is 9.27. The lowest BCUT2D eigenvalue weighted by Crippen LogP contribution is -2.38. The predicted molar refractivity (Wildman–Crippen MR) is 165 cm³/mol. The highest BCUT2D eigenvalue weighted by atomic mass is 35.5. The molecule has 0 radical (unpaired) electrons. The first kappa shape index (κ1) is 30.2. The Morgan fingerprint density at radius 1 is 1.19 bits per heavy atom. The molecule has 3 N–H and O–H groups in total. The monoisotopic (exact) mass is 638 g/mol. The van der Waals surface area contributed by atoms with Crippen molar-refractivity contribution >= 4 is 57.2 Å². The number of nitrogens with zero attached hydrogens (tertiary/aromatic N) is 4. The molecule has 14 heteroatoms. The largest absolute Gasteiger partial charge is 0.493 e. The Hall–Kier alpha value is -4.25. The Morgan fingerprint density at radius 3 is 2.58 bits per heavy atom. The predicted octanol–water partition coefficient (Wildman–Crippen LogP) is 5.25. The third-order valence-corrected chi connectivity index (χ3v) is 9.23. The van der Waals surface area contributed by atoms with E-state index in [-0.39, 0.29) is 28.8 Å². The summed E-state index contributed by atoms with van der Waals surface area (Å²) in [6, 6.07) is 12.6. The molecule has 222 valence electrons. The number of aromatic nitrogens is 2. The van der Waals surface area contributed by atoms with Crippen molar-refractivity contribution in [1.29, 1.82) is 5.26 Å². The second kappa shape index (κ2) is 12.9. The maximum Gasteiger partial charge on any atom is 0.234 e. The van der Waals surface area contributed by atoms with Gasteiger partial charge >= 0.3 is 0 Å². The van der Waals surface area contributed by atoms with E-state index in [9.17, 15) is 14.9 Å². The van der Waals surface area contributed by atoms with Crippen LogP contribution in [0.4, 0.5) is 10.8 Å². The topological polar surface area (TPSA) is 153 Å². The quantitative estimate of drug-likeness (QED) is 0.295. The van der Waals surface area contributed by atoms with E-state index in [0.717, 1.165) is 5.56 Å². The standard InChI is InChI=1S/C29H27ClN6O5S2/c1-39-21-11-17(12-22(40-2)26(21)41-3)33-23(38)14-42-29-35-34-28(43-29)36-19-8-5-9-20(37)25(19)24(18(13-31)27(36)32)15-6-4-7-16(30)10-15/h4,6-7,10-12,24H,5,8-9,14,32H2,1-3H3,(H,33,38). The lowest BCUT2D eigenvalue weighted by molar-refractivity contribution is -0.116. The van der Waals surface area contributed by atoms with Crippen LogP contribution in [-0.2, 0) is 9.59 Å². The molecule has 0 saturated heterocycles. The second-order valence-electron chi connectivity index (χ2n) is 9.47. The first-order valence-corrected chi connectivity index (χ1v) is 15.2. The Labute approximate surface area is 261 Å². The lowest BCUT2D eigenvalue weighted by Gasteiger charge is -2.38. The molecule has 1 aliphatic heterocycles. The third-order valence-electron chi connectivity index (χ3n) is 6.96. The third kappa shape index (κ3) is 5.99. The van der Waals surface area contributed by atoms with Gasteiger partial charge in [0.05, 0.1) is 44.6 Å². The summed E-state index contributed by atoms with van der Waals surface area (Å²) >= 11 is 8.68. The molecule has 0 fully saturated rings. The molecule has 0 spiro atoms. The normalized spacial score (nSPS) is 16.5. The smallest absolute Gasteiger partial charge is 0.234 e. The number of thioether (sulfide) groups is 1. The Kier molecular flexibility index (Phi) is 9.10. The van der Waals surface area contributed by atoms with Crippen LogP contribution in [0.5, 0.6) is 17.2 Å². The molecule has 2 heterocycles. The highest BCUT2D eigenvalue weighted by molar-refractivity contribution is 8.01. The van der Waals surface area contributed by atoms with E-state index in [4.69, 9.17) is 31.5 Å². The number of carbonyl (C=O) groups is 2. The van der Waals surface area contributed by atoms with Crippen LogP contribution in [0.1, 0.15) is 30.7 Å². The molecule has 5 rings (SSSR count). The molecule has 1 aliphatic carbocycles. The summed E-state index contributed by atoms with van der Waals surface area (Å²) < 4.78 is 16.5. The van der Waals surface area contributed by atoms with Crippen LogP contribution in [0, 0.1) is 11.3 Å². The van der Waals surface area contributed by atoms with E-state index in [1.807, 2.05) is 6.07 Å². The number of halogens is 1. The van der Waals surface area contributed by atoms with Gasteiger partial charge < -0.3 is 25.3 Å². The van der Waals surface area contributed by atoms with Gasteiger partial charge in [-0.3, -0.25) is 14.5 Å². The van der Waals surface area contributed by atoms with E-state index in [1.54, 1.807) is 35.2 Å². The summed E-state index contributed by atoms with van der Waals surface area (Å²) in [7, 11) is 4.49. The fourth-order valence-electron chi connectivity index (χ4n) is 5.15. The number of amides is 1. The maximum atomic E-state index is 13.3. The minimum atomic E-state index is -0.622. The maximum absolute atomic E-state index is 13.3. The molecule has 2 aromatic carbocycles. The zero-order chi connectivity index (χ0) is 30.7. The van der Waals surface area contributed by atoms with Crippen LogP contribution in [0.25, 0.3) is 0 Å². The number of nitrogens with one attached hydrogen (secondary N) is 1. The highest BCUT2D eigenvalue weighted by Gasteiger charge is 2.41. The van der Waals surface area contributed by atoms with Gasteiger partial charge in [0.25, 0.3) is 0 Å². The molecule has 1 aromatic heterocycles. The number of anilines is 2. The van der Waals surface area contributed by atoms with E-state index >= 15 is 0 Å². The number of hydrogen-bond donors (Lipinski definition) is 2. The number of nitriles is 1. The van der Waals surface area contributed by atoms with Crippen molar-refractivity contribution in [2.45, 2.75) is 29.5 Å². The van der Waals surface area contributed by atoms with Crippen molar-refractivity contribution < 1.29 is 23.8 Å². The summed E-state index contributed by atoms with van der Waals surface area (Å²) in [6.45, 7) is 0. The molecule has 0 bridgehead atoms. The van der Waals surface area contributed by atoms with Crippen LogP contribution < -0.4 is 30.2 Å². The number of ketones is 1. The molecule has 11 nitrogen and oxygen atoms in total. The van der Waals surface area contributed by atoms with Crippen LogP contribution in [0.2, 0.25) is 5.02 Å². The van der Waals surface area contributed by atoms with Crippen molar-refractivity contribution in [2.24, 2.45) is 5.73 Å². The average molecular weight is 639 g/mol. The Balaban J connectivity index is 1.38. The summed E-state index contributed by atoms with van der Waals surface area (Å²) in [5.74, 6) is 0.526. The van der Waals surface area contributed by atoms with Crippen LogP contribution in [-0.4, -0.2) is 49.0 Å². The van der Waals surface area contributed by atoms with Gasteiger partial charge in [0.1, 0.15) is 5.82 Å². The fraction of sp³-hybridized carbons (Fsp3) is 0.276. The van der Waals surface area contributed by atoms with Crippen molar-refractivity contribution in [3.8, 4) is 23.3 Å². The van der Waals surface area contributed by atoms with Gasteiger partial charge in [0.15, 0.2) is 21.6 Å². The van der Waals surface area contributed by atoms with Crippen LogP contribution >= 0.6 is 34.7 Å². The molecule has 2 aliphatic rings. The van der Waals surface area contributed by atoms with Gasteiger partial charge in [0.2, 0.25) is 16.8 Å². The average Bonchev–Trinajstić information content (AvgIpc) is 3.47. The van der Waals surface area contributed by atoms with Crippen molar-refractivity contribution in [3.63, 3.8) is 0 Å². The van der Waals surface area contributed by atoms with E-state index in [0.29, 0.717) is 68.0 Å². The number of benzene rings is 2. The minimum Gasteiger partial charge on any atom is -0.493 e. The Bertz CT molecular complexity index is 1670. The molecular formula is C29H27ClN6O5S2. The van der Waals surface area contributed by atoms with Crippen LogP contribution in [0.15, 0.2) is 63.4 Å². The SMILES string of the molecule is COc1cc(NC(=O)CSc2nnc(N3C(N)=C(C#N)C(c4cccc(Cl)c4)C4=C3CCCC4=O)s2)cc(OC)c1OC. The minimum absolute atomic E-state index is 0.0425. The first-order valence-electron chi connectivity index (χ1n) is 13.1. The van der Waals surface area contributed by atoms with Crippen molar-refractivity contribution in [3.05, 3.63) is 69.6 Å². The Morgan fingerprint density at radius 2 is 1.93 bits per heavy atom. The van der Waals surface area contributed by atoms with Gasteiger partial charge in [-0.15, -0.1) is 10.2 Å². The van der Waals surface area contributed by atoms with Gasteiger partial charge in [-0.2, -0.15) is 5.26 Å². The first-order chi connectivity index (χ1) is 20.8. The van der Waals surface area contributed by atoms with Crippen molar-refractivity contribution in [2.75, 3.05) is 37.3 Å². The molecule has 43 heavy (non-hydrogen) atoms. The summed E-state index contributed by atoms with van der Waals surface area (Å²) in [4.78, 5) is 27.7. The zero-order valence-electron chi connectivity index (χ0n) is 23.5. The number of methoxy groups -OCH3 is 3. The lowest BCUT2D eigenvalue weighted by atomic mass is 9.76. The number of hydrogen-bond acceptors (Lipinski definition) is 12. The number of carbonyl (C=O) groups excluding carboxylic acids is 2.